The van der Waals surface area contributed by atoms with Crippen LogP contribution in [0, 0.1) is 0 Å². The van der Waals surface area contributed by atoms with Crippen LogP contribution >= 0.6 is 0 Å². The fraction of sp³-hybridized carbons (Fsp3) is 0.467. The van der Waals surface area contributed by atoms with Crippen molar-refractivity contribution in [2.75, 3.05) is 13.6 Å². The quantitative estimate of drug-likeness (QED) is 0.861. The van der Waals surface area contributed by atoms with Crippen molar-refractivity contribution in [1.29, 1.82) is 0 Å². The van der Waals surface area contributed by atoms with Gasteiger partial charge in [-0.3, -0.25) is 0 Å². The molecule has 0 amide bonds. The largest absolute Gasteiger partial charge is 0.389 e. The van der Waals surface area contributed by atoms with Crippen LogP contribution in [0.4, 0.5) is 0 Å². The van der Waals surface area contributed by atoms with Crippen molar-refractivity contribution < 1.29 is 5.11 Å². The predicted molar refractivity (Wildman–Crippen MR) is 71.8 cm³/mol. The highest BCUT2D eigenvalue weighted by Gasteiger charge is 2.22. The molecule has 2 rings (SSSR count). The molecule has 0 aromatic heterocycles. The van der Waals surface area contributed by atoms with Gasteiger partial charge < -0.3 is 10.0 Å². The van der Waals surface area contributed by atoms with Gasteiger partial charge in [-0.25, -0.2) is 0 Å². The average molecular weight is 231 g/mol. The molecule has 2 unspecified atom stereocenters. The second kappa shape index (κ2) is 5.99. The van der Waals surface area contributed by atoms with Crippen LogP contribution in [0.3, 0.4) is 0 Å². The van der Waals surface area contributed by atoms with Crippen LogP contribution < -0.4 is 0 Å². The molecule has 1 aliphatic rings. The van der Waals surface area contributed by atoms with Gasteiger partial charge in [-0.05, 0) is 38.4 Å². The normalized spacial score (nSPS) is 23.3. The Morgan fingerprint density at radius 1 is 1.41 bits per heavy atom. The van der Waals surface area contributed by atoms with Crippen molar-refractivity contribution in [2.24, 2.45) is 0 Å². The van der Waals surface area contributed by atoms with Gasteiger partial charge in [0.05, 0.1) is 6.10 Å². The minimum Gasteiger partial charge on any atom is -0.389 e. The summed E-state index contributed by atoms with van der Waals surface area (Å²) >= 11 is 0. The Bertz CT molecular complexity index is 360. The standard InChI is InChI=1S/C15H21NO/c1-16-11-5-8-14(16)12-15(17)10-9-13-6-3-2-4-7-13/h2-4,6-7,9-10,14-15,17H,5,8,11-12H2,1H3. The van der Waals surface area contributed by atoms with Crippen LogP contribution in [0.25, 0.3) is 6.08 Å². The Morgan fingerprint density at radius 3 is 2.82 bits per heavy atom. The molecule has 0 radical (unpaired) electrons. The van der Waals surface area contributed by atoms with E-state index in [4.69, 9.17) is 0 Å². The maximum atomic E-state index is 9.98. The van der Waals surface area contributed by atoms with Crippen molar-refractivity contribution in [3.05, 3.63) is 42.0 Å². The Hall–Kier alpha value is -1.12. The van der Waals surface area contributed by atoms with Gasteiger partial charge in [-0.15, -0.1) is 0 Å². The van der Waals surface area contributed by atoms with E-state index in [9.17, 15) is 5.11 Å². The Kier molecular flexibility index (Phi) is 4.35. The lowest BCUT2D eigenvalue weighted by Crippen LogP contribution is -2.28. The molecular weight excluding hydrogens is 210 g/mol. The molecule has 1 aliphatic heterocycles. The maximum Gasteiger partial charge on any atom is 0.0739 e. The topological polar surface area (TPSA) is 23.5 Å². The fourth-order valence-electron chi connectivity index (χ4n) is 2.42. The van der Waals surface area contributed by atoms with E-state index >= 15 is 0 Å². The third-order valence-electron chi connectivity index (χ3n) is 3.50. The predicted octanol–water partition coefficient (Wildman–Crippen LogP) is 2.55. The van der Waals surface area contributed by atoms with E-state index in [1.807, 2.05) is 42.5 Å². The molecule has 17 heavy (non-hydrogen) atoms. The van der Waals surface area contributed by atoms with Crippen molar-refractivity contribution >= 4 is 6.08 Å². The molecule has 1 aromatic carbocycles. The SMILES string of the molecule is CN1CCCC1CC(O)C=Cc1ccccc1. The fourth-order valence-corrected chi connectivity index (χ4v) is 2.42. The van der Waals surface area contributed by atoms with Crippen molar-refractivity contribution in [1.82, 2.24) is 4.90 Å². The van der Waals surface area contributed by atoms with E-state index in [-0.39, 0.29) is 6.10 Å². The van der Waals surface area contributed by atoms with E-state index in [0.29, 0.717) is 6.04 Å². The monoisotopic (exact) mass is 231 g/mol. The Morgan fingerprint density at radius 2 is 2.18 bits per heavy atom. The first-order valence-electron chi connectivity index (χ1n) is 6.37. The molecule has 1 N–H and O–H groups in total. The van der Waals surface area contributed by atoms with Crippen LogP contribution in [-0.4, -0.2) is 35.7 Å². The lowest BCUT2D eigenvalue weighted by molar-refractivity contribution is 0.167. The first-order chi connectivity index (χ1) is 8.25. The summed E-state index contributed by atoms with van der Waals surface area (Å²) in [6.07, 6.45) is 6.89. The third kappa shape index (κ3) is 3.69. The van der Waals surface area contributed by atoms with E-state index in [2.05, 4.69) is 11.9 Å². The van der Waals surface area contributed by atoms with E-state index in [1.54, 1.807) is 0 Å². The number of likely N-dealkylation sites (tertiary alicyclic amines) is 1. The molecular formula is C15H21NO. The van der Waals surface area contributed by atoms with E-state index in [0.717, 1.165) is 12.0 Å². The van der Waals surface area contributed by atoms with Crippen LogP contribution in [0.1, 0.15) is 24.8 Å². The van der Waals surface area contributed by atoms with Crippen molar-refractivity contribution in [3.63, 3.8) is 0 Å². The molecule has 0 bridgehead atoms. The van der Waals surface area contributed by atoms with Crippen LogP contribution in [0.15, 0.2) is 36.4 Å². The molecule has 0 spiro atoms. The third-order valence-corrected chi connectivity index (χ3v) is 3.50. The van der Waals surface area contributed by atoms with Crippen LogP contribution in [0.5, 0.6) is 0 Å². The van der Waals surface area contributed by atoms with Gasteiger partial charge in [0.2, 0.25) is 0 Å². The smallest absolute Gasteiger partial charge is 0.0739 e. The number of benzene rings is 1. The van der Waals surface area contributed by atoms with Gasteiger partial charge in [0, 0.05) is 6.04 Å². The zero-order chi connectivity index (χ0) is 12.1. The number of aliphatic hydroxyl groups is 1. The van der Waals surface area contributed by atoms with Gasteiger partial charge in [0.15, 0.2) is 0 Å². The molecule has 1 heterocycles. The summed E-state index contributed by atoms with van der Waals surface area (Å²) in [6.45, 7) is 1.17. The molecule has 1 saturated heterocycles. The summed E-state index contributed by atoms with van der Waals surface area (Å²) in [4.78, 5) is 2.35. The highest BCUT2D eigenvalue weighted by atomic mass is 16.3. The van der Waals surface area contributed by atoms with E-state index in [1.165, 1.54) is 19.4 Å². The second-order valence-electron chi connectivity index (χ2n) is 4.85. The molecule has 92 valence electrons. The maximum absolute atomic E-state index is 9.98. The molecule has 1 fully saturated rings. The van der Waals surface area contributed by atoms with Crippen LogP contribution in [-0.2, 0) is 0 Å². The number of rotatable bonds is 4. The first kappa shape index (κ1) is 12.3. The second-order valence-corrected chi connectivity index (χ2v) is 4.85. The van der Waals surface area contributed by atoms with E-state index < -0.39 is 0 Å². The van der Waals surface area contributed by atoms with Crippen molar-refractivity contribution in [2.45, 2.75) is 31.4 Å². The highest BCUT2D eigenvalue weighted by molar-refractivity contribution is 5.49. The van der Waals surface area contributed by atoms with Crippen molar-refractivity contribution in [3.8, 4) is 0 Å². The Labute approximate surface area is 104 Å². The average Bonchev–Trinajstić information content (AvgIpc) is 2.74. The highest BCUT2D eigenvalue weighted by Crippen LogP contribution is 2.19. The number of aliphatic hydroxyl groups excluding tert-OH is 1. The Balaban J connectivity index is 1.84. The molecule has 0 aliphatic carbocycles. The zero-order valence-corrected chi connectivity index (χ0v) is 10.4. The van der Waals surface area contributed by atoms with Gasteiger partial charge >= 0.3 is 0 Å². The lowest BCUT2D eigenvalue weighted by Gasteiger charge is -2.20. The minimum absolute atomic E-state index is 0.333. The first-order valence-corrected chi connectivity index (χ1v) is 6.37. The molecule has 2 atom stereocenters. The zero-order valence-electron chi connectivity index (χ0n) is 10.4. The lowest BCUT2D eigenvalue weighted by atomic mass is 10.1. The summed E-state index contributed by atoms with van der Waals surface area (Å²) in [7, 11) is 2.14. The molecule has 2 heteroatoms. The molecule has 1 aromatic rings. The van der Waals surface area contributed by atoms with Gasteiger partial charge in [-0.2, -0.15) is 0 Å². The molecule has 0 saturated carbocycles. The van der Waals surface area contributed by atoms with Gasteiger partial charge in [-0.1, -0.05) is 42.5 Å². The van der Waals surface area contributed by atoms with Crippen LogP contribution in [0.2, 0.25) is 0 Å². The summed E-state index contributed by atoms with van der Waals surface area (Å²) in [5.74, 6) is 0. The summed E-state index contributed by atoms with van der Waals surface area (Å²) in [5, 5.41) is 9.98. The summed E-state index contributed by atoms with van der Waals surface area (Å²) < 4.78 is 0. The van der Waals surface area contributed by atoms with Gasteiger partial charge in [0.25, 0.3) is 0 Å². The minimum atomic E-state index is -0.333. The number of nitrogens with zero attached hydrogens (tertiary/aromatic N) is 1. The summed E-state index contributed by atoms with van der Waals surface area (Å²) in [6, 6.07) is 10.7. The number of hydrogen-bond acceptors (Lipinski definition) is 2. The molecule has 2 nitrogen and oxygen atoms in total. The van der Waals surface area contributed by atoms with Gasteiger partial charge in [0.1, 0.15) is 0 Å². The summed E-state index contributed by atoms with van der Waals surface area (Å²) in [5.41, 5.74) is 1.14. The number of hydrogen-bond donors (Lipinski definition) is 1.